The van der Waals surface area contributed by atoms with Crippen molar-refractivity contribution < 1.29 is 14.3 Å². The Hall–Kier alpha value is -1.16. The third-order valence-electron chi connectivity index (χ3n) is 1.69. The summed E-state index contributed by atoms with van der Waals surface area (Å²) in [6.45, 7) is 5.69. The number of thioether (sulfide) groups is 1. The molecule has 1 rings (SSSR count). The quantitative estimate of drug-likeness (QED) is 0.762. The van der Waals surface area contributed by atoms with Crippen molar-refractivity contribution in [2.24, 2.45) is 0 Å². The van der Waals surface area contributed by atoms with Crippen molar-refractivity contribution in [3.05, 3.63) is 36.3 Å². The predicted molar refractivity (Wildman–Crippen MR) is 56.6 cm³/mol. The molecule has 0 aliphatic carbocycles. The lowest BCUT2D eigenvalue weighted by Gasteiger charge is -2.02. The maximum Gasteiger partial charge on any atom is 0.371 e. The van der Waals surface area contributed by atoms with E-state index < -0.39 is 5.97 Å². The molecule has 0 aromatic carbocycles. The van der Waals surface area contributed by atoms with Crippen LogP contribution in [0.3, 0.4) is 0 Å². The molecule has 0 amide bonds. The third-order valence-corrected chi connectivity index (χ3v) is 2.86. The second-order valence-corrected chi connectivity index (χ2v) is 4.19. The third kappa shape index (κ3) is 2.96. The van der Waals surface area contributed by atoms with E-state index in [0.29, 0.717) is 16.8 Å². The molecule has 14 heavy (non-hydrogen) atoms. The van der Waals surface area contributed by atoms with E-state index >= 15 is 0 Å². The second kappa shape index (κ2) is 4.91. The lowest BCUT2D eigenvalue weighted by atomic mass is 10.4. The van der Waals surface area contributed by atoms with E-state index in [2.05, 4.69) is 6.58 Å². The minimum Gasteiger partial charge on any atom is -0.475 e. The van der Waals surface area contributed by atoms with Crippen LogP contribution in [-0.4, -0.2) is 16.3 Å². The minimum atomic E-state index is -1.03. The van der Waals surface area contributed by atoms with Crippen LogP contribution in [0.5, 0.6) is 0 Å². The Morgan fingerprint density at radius 2 is 2.50 bits per heavy atom. The van der Waals surface area contributed by atoms with Crippen LogP contribution >= 0.6 is 11.8 Å². The van der Waals surface area contributed by atoms with Gasteiger partial charge in [0, 0.05) is 5.25 Å². The number of carbonyl (C=O) groups is 1. The van der Waals surface area contributed by atoms with E-state index in [9.17, 15) is 4.79 Å². The molecule has 0 spiro atoms. The topological polar surface area (TPSA) is 50.4 Å². The number of carboxylic acid groups (broad SMARTS) is 1. The summed E-state index contributed by atoms with van der Waals surface area (Å²) in [4.78, 5) is 10.5. The number of rotatable bonds is 5. The van der Waals surface area contributed by atoms with Gasteiger partial charge in [0.2, 0.25) is 5.76 Å². The first kappa shape index (κ1) is 10.9. The molecule has 3 nitrogen and oxygen atoms in total. The van der Waals surface area contributed by atoms with E-state index in [1.165, 1.54) is 6.07 Å². The number of hydrogen-bond acceptors (Lipinski definition) is 3. The molecule has 0 aliphatic heterocycles. The molecule has 4 heteroatoms. The fraction of sp³-hybridized carbons (Fsp3) is 0.300. The molecule has 0 saturated carbocycles. The van der Waals surface area contributed by atoms with E-state index in [0.717, 1.165) is 0 Å². The van der Waals surface area contributed by atoms with Crippen molar-refractivity contribution in [3.8, 4) is 0 Å². The normalized spacial score (nSPS) is 12.4. The smallest absolute Gasteiger partial charge is 0.371 e. The monoisotopic (exact) mass is 212 g/mol. The number of carboxylic acids is 1. The summed E-state index contributed by atoms with van der Waals surface area (Å²) in [7, 11) is 0. The lowest BCUT2D eigenvalue weighted by Crippen LogP contribution is -1.92. The van der Waals surface area contributed by atoms with Gasteiger partial charge in [-0.2, -0.15) is 0 Å². The Kier molecular flexibility index (Phi) is 3.83. The highest BCUT2D eigenvalue weighted by Crippen LogP contribution is 2.19. The molecule has 76 valence electrons. The Morgan fingerprint density at radius 3 is 3.00 bits per heavy atom. The highest BCUT2D eigenvalue weighted by Gasteiger charge is 2.09. The van der Waals surface area contributed by atoms with Gasteiger partial charge in [0.15, 0.2) is 0 Å². The first-order valence-electron chi connectivity index (χ1n) is 4.19. The summed E-state index contributed by atoms with van der Waals surface area (Å²) in [6, 6.07) is 3.16. The molecular formula is C10H12O3S. The van der Waals surface area contributed by atoms with Gasteiger partial charge in [-0.3, -0.25) is 0 Å². The molecule has 1 heterocycles. The summed E-state index contributed by atoms with van der Waals surface area (Å²) < 4.78 is 5.09. The zero-order chi connectivity index (χ0) is 10.6. The summed E-state index contributed by atoms with van der Waals surface area (Å²) >= 11 is 1.65. The summed E-state index contributed by atoms with van der Waals surface area (Å²) in [5, 5.41) is 8.95. The van der Waals surface area contributed by atoms with E-state index in [1.807, 2.05) is 13.0 Å². The Bertz CT molecular complexity index is 330. The summed E-state index contributed by atoms with van der Waals surface area (Å²) in [5.74, 6) is 0.312. The number of hydrogen-bond donors (Lipinski definition) is 1. The molecule has 0 fully saturated rings. The van der Waals surface area contributed by atoms with Crippen LogP contribution < -0.4 is 0 Å². The maximum atomic E-state index is 10.5. The fourth-order valence-electron chi connectivity index (χ4n) is 0.852. The highest BCUT2D eigenvalue weighted by molar-refractivity contribution is 7.99. The molecule has 1 aromatic rings. The van der Waals surface area contributed by atoms with Gasteiger partial charge in [0.05, 0.1) is 5.75 Å². The number of aromatic carboxylic acids is 1. The largest absolute Gasteiger partial charge is 0.475 e. The van der Waals surface area contributed by atoms with Crippen molar-refractivity contribution >= 4 is 17.7 Å². The van der Waals surface area contributed by atoms with Crippen molar-refractivity contribution in [2.45, 2.75) is 17.9 Å². The van der Waals surface area contributed by atoms with Crippen molar-refractivity contribution in [2.75, 3.05) is 0 Å². The van der Waals surface area contributed by atoms with Crippen molar-refractivity contribution in [1.82, 2.24) is 0 Å². The van der Waals surface area contributed by atoms with Gasteiger partial charge in [-0.15, -0.1) is 18.3 Å². The maximum absolute atomic E-state index is 10.5. The van der Waals surface area contributed by atoms with Gasteiger partial charge < -0.3 is 9.52 Å². The molecule has 0 bridgehead atoms. The van der Waals surface area contributed by atoms with E-state index in [4.69, 9.17) is 9.52 Å². The fourth-order valence-corrected chi connectivity index (χ4v) is 1.57. The molecule has 1 N–H and O–H groups in total. The van der Waals surface area contributed by atoms with Gasteiger partial charge in [0.25, 0.3) is 0 Å². The Balaban J connectivity index is 2.51. The Labute approximate surface area is 86.8 Å². The summed E-state index contributed by atoms with van der Waals surface area (Å²) in [5.41, 5.74) is 0. The Morgan fingerprint density at radius 1 is 1.79 bits per heavy atom. The van der Waals surface area contributed by atoms with Gasteiger partial charge >= 0.3 is 5.97 Å². The molecule has 0 radical (unpaired) electrons. The average molecular weight is 212 g/mol. The minimum absolute atomic E-state index is 0.00754. The molecule has 0 saturated heterocycles. The van der Waals surface area contributed by atoms with Crippen LogP contribution in [-0.2, 0) is 5.75 Å². The van der Waals surface area contributed by atoms with Crippen LogP contribution in [0.1, 0.15) is 23.2 Å². The zero-order valence-electron chi connectivity index (χ0n) is 7.90. The molecule has 1 aromatic heterocycles. The van der Waals surface area contributed by atoms with E-state index in [1.54, 1.807) is 17.8 Å². The molecular weight excluding hydrogens is 200 g/mol. The van der Waals surface area contributed by atoms with Crippen molar-refractivity contribution in [1.29, 1.82) is 0 Å². The SMILES string of the molecule is C=CC(C)SCc1ccc(C(=O)O)o1. The van der Waals surface area contributed by atoms with Gasteiger partial charge in [-0.1, -0.05) is 6.08 Å². The number of furan rings is 1. The van der Waals surface area contributed by atoms with E-state index in [-0.39, 0.29) is 5.76 Å². The zero-order valence-corrected chi connectivity index (χ0v) is 8.71. The standard InChI is InChI=1S/C10H12O3S/c1-3-7(2)14-6-8-4-5-9(13-8)10(11)12/h3-5,7H,1,6H2,2H3,(H,11,12). The highest BCUT2D eigenvalue weighted by atomic mass is 32.2. The second-order valence-electron chi connectivity index (χ2n) is 2.82. The van der Waals surface area contributed by atoms with Crippen LogP contribution in [0.2, 0.25) is 0 Å². The van der Waals surface area contributed by atoms with Crippen molar-refractivity contribution in [3.63, 3.8) is 0 Å². The summed E-state index contributed by atoms with van der Waals surface area (Å²) in [6.07, 6.45) is 1.84. The van der Waals surface area contributed by atoms with Crippen LogP contribution in [0.15, 0.2) is 29.2 Å². The first-order valence-corrected chi connectivity index (χ1v) is 5.24. The lowest BCUT2D eigenvalue weighted by molar-refractivity contribution is 0.0661. The average Bonchev–Trinajstić information content (AvgIpc) is 2.62. The molecule has 1 unspecified atom stereocenters. The van der Waals surface area contributed by atoms with Crippen LogP contribution in [0, 0.1) is 0 Å². The van der Waals surface area contributed by atoms with Crippen LogP contribution in [0.4, 0.5) is 0 Å². The van der Waals surface area contributed by atoms with Gasteiger partial charge in [0.1, 0.15) is 5.76 Å². The first-order chi connectivity index (χ1) is 6.63. The predicted octanol–water partition coefficient (Wildman–Crippen LogP) is 2.79. The van der Waals surface area contributed by atoms with Crippen LogP contribution in [0.25, 0.3) is 0 Å². The van der Waals surface area contributed by atoms with Gasteiger partial charge in [-0.25, -0.2) is 4.79 Å². The molecule has 1 atom stereocenters. The van der Waals surface area contributed by atoms with Gasteiger partial charge in [-0.05, 0) is 19.1 Å². The molecule has 0 aliphatic rings.